The van der Waals surface area contributed by atoms with Gasteiger partial charge in [0.05, 0.1) is 11.3 Å². The highest BCUT2D eigenvalue weighted by molar-refractivity contribution is 7.93. The Hall–Kier alpha value is -2.82. The molecule has 1 aromatic carbocycles. The molecule has 0 saturated heterocycles. The Morgan fingerprint density at radius 2 is 2.00 bits per heavy atom. The molecule has 1 saturated carbocycles. The molecule has 30 heavy (non-hydrogen) atoms. The highest BCUT2D eigenvalue weighted by atomic mass is 32.2. The fourth-order valence-corrected chi connectivity index (χ4v) is 4.92. The van der Waals surface area contributed by atoms with Gasteiger partial charge in [0.2, 0.25) is 11.9 Å². The Labute approximate surface area is 173 Å². The number of hydrogen-bond donors (Lipinski definition) is 3. The molecule has 3 N–H and O–H groups in total. The van der Waals surface area contributed by atoms with Crippen molar-refractivity contribution in [2.24, 2.45) is 5.92 Å². The molecule has 162 valence electrons. The number of Topliss-reactive ketones (excluding diaryl/α,β-unsaturated/α-hetero) is 1. The van der Waals surface area contributed by atoms with Crippen LogP contribution in [-0.2, 0) is 19.4 Å². The summed E-state index contributed by atoms with van der Waals surface area (Å²) in [5, 5.41) is 17.9. The average molecular weight is 438 g/mol. The van der Waals surface area contributed by atoms with Crippen molar-refractivity contribution in [1.82, 2.24) is 15.2 Å². The van der Waals surface area contributed by atoms with Crippen molar-refractivity contribution in [3.63, 3.8) is 0 Å². The van der Waals surface area contributed by atoms with Gasteiger partial charge in [-0.3, -0.25) is 20.0 Å². The summed E-state index contributed by atoms with van der Waals surface area (Å²) in [5.74, 6) is -2.20. The highest BCUT2D eigenvalue weighted by Crippen LogP contribution is 2.29. The van der Waals surface area contributed by atoms with Gasteiger partial charge in [0.25, 0.3) is 0 Å². The number of phenolic OH excluding ortho intramolecular Hbond substituents is 1. The van der Waals surface area contributed by atoms with Gasteiger partial charge in [-0.05, 0) is 44.7 Å². The highest BCUT2D eigenvalue weighted by Gasteiger charge is 2.43. The third-order valence-electron chi connectivity index (χ3n) is 5.36. The number of aromatic amines is 1. The van der Waals surface area contributed by atoms with E-state index in [1.165, 1.54) is 26.0 Å². The molecule has 1 heterocycles. The summed E-state index contributed by atoms with van der Waals surface area (Å²) >= 11 is 0. The Morgan fingerprint density at radius 1 is 1.33 bits per heavy atom. The molecule has 3 rings (SSSR count). The fourth-order valence-electron chi connectivity index (χ4n) is 3.21. The number of hydrogen-bond acceptors (Lipinski definition) is 7. The molecule has 0 atom stereocenters. The Morgan fingerprint density at radius 3 is 2.63 bits per heavy atom. The van der Waals surface area contributed by atoms with Gasteiger partial charge in [0, 0.05) is 18.9 Å². The first-order valence-corrected chi connectivity index (χ1v) is 11.1. The number of carbonyl (C=O) groups excluding carboxylic acids is 2. The Kier molecular flexibility index (Phi) is 5.93. The number of benzene rings is 1. The number of carbonyl (C=O) groups is 2. The number of sulfone groups is 1. The summed E-state index contributed by atoms with van der Waals surface area (Å²) in [6, 6.07) is 3.47. The van der Waals surface area contributed by atoms with Crippen molar-refractivity contribution in [3.05, 3.63) is 24.0 Å². The van der Waals surface area contributed by atoms with E-state index in [2.05, 4.69) is 20.5 Å². The second-order valence-corrected chi connectivity index (χ2v) is 10.5. The number of rotatable bonds is 6. The van der Waals surface area contributed by atoms with Crippen LogP contribution in [0.5, 0.6) is 5.75 Å². The molecule has 1 fully saturated rings. The van der Waals surface area contributed by atoms with Crippen LogP contribution in [0.4, 0.5) is 10.3 Å². The van der Waals surface area contributed by atoms with Gasteiger partial charge < -0.3 is 5.11 Å². The largest absolute Gasteiger partial charge is 0.508 e. The van der Waals surface area contributed by atoms with E-state index in [0.29, 0.717) is 25.7 Å². The number of anilines is 1. The van der Waals surface area contributed by atoms with Crippen LogP contribution in [0.2, 0.25) is 0 Å². The molecule has 1 aromatic heterocycles. The topological polar surface area (TPSA) is 142 Å². The number of nitrogens with zero attached hydrogens (tertiary/aromatic N) is 2. The van der Waals surface area contributed by atoms with Crippen LogP contribution in [0.25, 0.3) is 11.4 Å². The molecule has 11 heteroatoms. The van der Waals surface area contributed by atoms with Crippen LogP contribution in [0.15, 0.2) is 18.2 Å². The maximum Gasteiger partial charge on any atom is 0.249 e. The Bertz CT molecular complexity index is 1070. The minimum absolute atomic E-state index is 0.00957. The summed E-state index contributed by atoms with van der Waals surface area (Å²) in [7, 11) is -3.83. The summed E-state index contributed by atoms with van der Waals surface area (Å²) in [6.45, 7) is 2.61. The zero-order chi connectivity index (χ0) is 22.1. The summed E-state index contributed by atoms with van der Waals surface area (Å²) < 4.78 is 38.0. The SMILES string of the molecule is CC(C)(C(=O)Nc1n[nH]c(-c2ccc(O)cc2F)n1)S(=O)(=O)CC1CCC(=O)CC1. The van der Waals surface area contributed by atoms with Gasteiger partial charge >= 0.3 is 0 Å². The molecule has 0 bridgehead atoms. The van der Waals surface area contributed by atoms with Crippen molar-refractivity contribution in [1.29, 1.82) is 0 Å². The van der Waals surface area contributed by atoms with Crippen molar-refractivity contribution in [3.8, 4) is 17.1 Å². The third kappa shape index (κ3) is 4.50. The van der Waals surface area contributed by atoms with Crippen molar-refractivity contribution in [2.75, 3.05) is 11.1 Å². The third-order valence-corrected chi connectivity index (χ3v) is 8.01. The molecular formula is C19H23FN4O5S. The lowest BCUT2D eigenvalue weighted by molar-refractivity contribution is -0.121. The molecule has 0 aliphatic heterocycles. The van der Waals surface area contributed by atoms with E-state index in [1.54, 1.807) is 0 Å². The van der Waals surface area contributed by atoms with Gasteiger partial charge in [-0.2, -0.15) is 4.98 Å². The number of ketones is 1. The molecular weight excluding hydrogens is 415 g/mol. The quantitative estimate of drug-likeness (QED) is 0.627. The number of nitrogens with one attached hydrogen (secondary N) is 2. The standard InChI is InChI=1S/C19H23FN4O5S/c1-19(2,30(28,29)10-11-3-5-12(25)6-4-11)17(27)22-18-21-16(23-24-18)14-8-7-13(26)9-15(14)20/h7-9,11,26H,3-6,10H2,1-2H3,(H2,21,22,23,24,27). The normalized spacial score (nSPS) is 15.9. The van der Waals surface area contributed by atoms with Gasteiger partial charge in [0.15, 0.2) is 15.7 Å². The van der Waals surface area contributed by atoms with E-state index in [9.17, 15) is 27.5 Å². The molecule has 0 radical (unpaired) electrons. The fraction of sp³-hybridized carbons (Fsp3) is 0.474. The van der Waals surface area contributed by atoms with Gasteiger partial charge in [-0.25, -0.2) is 12.8 Å². The van der Waals surface area contributed by atoms with E-state index in [4.69, 9.17) is 0 Å². The minimum Gasteiger partial charge on any atom is -0.508 e. The van der Waals surface area contributed by atoms with Gasteiger partial charge in [0.1, 0.15) is 22.1 Å². The van der Waals surface area contributed by atoms with E-state index < -0.39 is 26.3 Å². The smallest absolute Gasteiger partial charge is 0.249 e. The summed E-state index contributed by atoms with van der Waals surface area (Å²) in [4.78, 5) is 28.0. The van der Waals surface area contributed by atoms with Gasteiger partial charge in [-0.1, -0.05) is 0 Å². The second kappa shape index (κ2) is 8.13. The average Bonchev–Trinajstić information content (AvgIpc) is 3.11. The number of phenols is 1. The van der Waals surface area contributed by atoms with Crippen LogP contribution in [-0.4, -0.2) is 50.9 Å². The molecule has 0 unspecified atom stereocenters. The number of amides is 1. The van der Waals surface area contributed by atoms with E-state index in [1.807, 2.05) is 0 Å². The maximum atomic E-state index is 14.0. The van der Waals surface area contributed by atoms with Crippen molar-refractivity contribution < 1.29 is 27.5 Å². The number of aromatic nitrogens is 3. The molecule has 0 spiro atoms. The summed E-state index contributed by atoms with van der Waals surface area (Å²) in [5.41, 5.74) is 0.0273. The molecule has 1 aliphatic carbocycles. The zero-order valence-electron chi connectivity index (χ0n) is 16.6. The lowest BCUT2D eigenvalue weighted by Gasteiger charge is -2.27. The summed E-state index contributed by atoms with van der Waals surface area (Å²) in [6.07, 6.45) is 1.72. The molecule has 9 nitrogen and oxygen atoms in total. The van der Waals surface area contributed by atoms with E-state index >= 15 is 0 Å². The van der Waals surface area contributed by atoms with Crippen molar-refractivity contribution in [2.45, 2.75) is 44.3 Å². The van der Waals surface area contributed by atoms with E-state index in [-0.39, 0.29) is 40.5 Å². The molecule has 1 aliphatic rings. The maximum absolute atomic E-state index is 14.0. The van der Waals surface area contributed by atoms with Crippen LogP contribution in [0.1, 0.15) is 39.5 Å². The minimum atomic E-state index is -3.83. The predicted octanol–water partition coefficient (Wildman–Crippen LogP) is 2.21. The number of H-pyrrole nitrogens is 1. The predicted molar refractivity (Wildman–Crippen MR) is 107 cm³/mol. The number of aromatic hydroxyl groups is 1. The number of halogens is 1. The monoisotopic (exact) mass is 438 g/mol. The van der Waals surface area contributed by atoms with Crippen LogP contribution < -0.4 is 5.32 Å². The molecule has 2 aromatic rings. The zero-order valence-corrected chi connectivity index (χ0v) is 17.4. The first-order chi connectivity index (χ1) is 14.0. The van der Waals surface area contributed by atoms with Crippen LogP contribution in [0, 0.1) is 11.7 Å². The van der Waals surface area contributed by atoms with Crippen molar-refractivity contribution >= 4 is 27.5 Å². The lowest BCUT2D eigenvalue weighted by atomic mass is 9.90. The first-order valence-electron chi connectivity index (χ1n) is 9.46. The second-order valence-electron chi connectivity index (χ2n) is 7.90. The Balaban J connectivity index is 1.71. The first kappa shape index (κ1) is 21.9. The van der Waals surface area contributed by atoms with Crippen LogP contribution >= 0.6 is 0 Å². The molecule has 1 amide bonds. The van der Waals surface area contributed by atoms with Gasteiger partial charge in [-0.15, -0.1) is 5.10 Å². The van der Waals surface area contributed by atoms with E-state index in [0.717, 1.165) is 6.07 Å². The van der Waals surface area contributed by atoms with Crippen LogP contribution in [0.3, 0.4) is 0 Å². The lowest BCUT2D eigenvalue weighted by Crippen LogP contribution is -2.47.